The summed E-state index contributed by atoms with van der Waals surface area (Å²) in [6, 6.07) is 8.72. The molecular formula is C13H14ClN3S. The number of hydrogen-bond donors (Lipinski definition) is 0. The number of rotatable bonds is 2. The Morgan fingerprint density at radius 3 is 2.33 bits per heavy atom. The van der Waals surface area contributed by atoms with Crippen LogP contribution in [0.4, 0.5) is 0 Å². The van der Waals surface area contributed by atoms with Gasteiger partial charge in [-0.25, -0.2) is 0 Å². The molecule has 3 rings (SSSR count). The zero-order chi connectivity index (χ0) is 12.4. The second-order valence-corrected chi connectivity index (χ2v) is 6.14. The molecule has 0 fully saturated rings. The molecule has 0 radical (unpaired) electrons. The van der Waals surface area contributed by atoms with Gasteiger partial charge in [0.1, 0.15) is 5.01 Å². The molecule has 0 saturated heterocycles. The van der Waals surface area contributed by atoms with E-state index in [-0.39, 0.29) is 0 Å². The van der Waals surface area contributed by atoms with Gasteiger partial charge in [-0.1, -0.05) is 35.6 Å². The maximum atomic E-state index is 5.81. The van der Waals surface area contributed by atoms with E-state index in [1.54, 1.807) is 0 Å². The quantitative estimate of drug-likeness (QED) is 0.846. The summed E-state index contributed by atoms with van der Waals surface area (Å²) in [6.07, 6.45) is 2.23. The molecule has 1 aromatic heterocycles. The van der Waals surface area contributed by atoms with Crippen LogP contribution >= 0.6 is 22.9 Å². The fraction of sp³-hybridized carbons (Fsp3) is 0.385. The first-order valence-electron chi connectivity index (χ1n) is 6.08. The van der Waals surface area contributed by atoms with Gasteiger partial charge < -0.3 is 0 Å². The average molecular weight is 280 g/mol. The molecule has 5 heteroatoms. The second kappa shape index (κ2) is 5.34. The fourth-order valence-corrected chi connectivity index (χ4v) is 3.27. The largest absolute Gasteiger partial charge is 0.296 e. The van der Waals surface area contributed by atoms with Gasteiger partial charge in [-0.3, -0.25) is 4.90 Å². The molecule has 94 valence electrons. The van der Waals surface area contributed by atoms with Gasteiger partial charge in [-0.15, -0.1) is 10.2 Å². The predicted octanol–water partition coefficient (Wildman–Crippen LogP) is 2.79. The summed E-state index contributed by atoms with van der Waals surface area (Å²) in [6.45, 7) is 3.01. The van der Waals surface area contributed by atoms with E-state index >= 15 is 0 Å². The lowest BCUT2D eigenvalue weighted by Crippen LogP contribution is -2.25. The minimum absolute atomic E-state index is 0.531. The van der Waals surface area contributed by atoms with E-state index < -0.39 is 0 Å². The summed E-state index contributed by atoms with van der Waals surface area (Å²) >= 11 is 7.28. The van der Waals surface area contributed by atoms with Gasteiger partial charge in [0.2, 0.25) is 4.47 Å². The Morgan fingerprint density at radius 2 is 1.78 bits per heavy atom. The van der Waals surface area contributed by atoms with E-state index in [0.29, 0.717) is 4.47 Å². The van der Waals surface area contributed by atoms with Crippen LogP contribution in [-0.4, -0.2) is 28.2 Å². The van der Waals surface area contributed by atoms with Crippen molar-refractivity contribution in [3.05, 3.63) is 44.9 Å². The summed E-state index contributed by atoms with van der Waals surface area (Å²) in [4.78, 5) is 2.43. The molecule has 0 amide bonds. The SMILES string of the molecule is Clc1nnc(CN2CCc3ccccc3CC2)s1. The Balaban J connectivity index is 1.68. The maximum absolute atomic E-state index is 5.81. The third-order valence-corrected chi connectivity index (χ3v) is 4.32. The molecule has 0 bridgehead atoms. The molecule has 1 aliphatic rings. The highest BCUT2D eigenvalue weighted by atomic mass is 35.5. The Labute approximate surface area is 115 Å². The lowest BCUT2D eigenvalue weighted by atomic mass is 10.0. The van der Waals surface area contributed by atoms with E-state index in [2.05, 4.69) is 39.4 Å². The van der Waals surface area contributed by atoms with Crippen molar-refractivity contribution < 1.29 is 0 Å². The first-order chi connectivity index (χ1) is 8.81. The number of fused-ring (bicyclic) bond motifs is 1. The highest BCUT2D eigenvalue weighted by Gasteiger charge is 2.15. The van der Waals surface area contributed by atoms with Crippen LogP contribution in [0.5, 0.6) is 0 Å². The van der Waals surface area contributed by atoms with Gasteiger partial charge in [-0.05, 0) is 35.6 Å². The van der Waals surface area contributed by atoms with Crippen LogP contribution in [-0.2, 0) is 19.4 Å². The number of halogens is 1. The molecule has 18 heavy (non-hydrogen) atoms. The lowest BCUT2D eigenvalue weighted by molar-refractivity contribution is 0.278. The molecular weight excluding hydrogens is 266 g/mol. The number of benzene rings is 1. The van der Waals surface area contributed by atoms with Gasteiger partial charge in [0, 0.05) is 13.1 Å². The van der Waals surface area contributed by atoms with Crippen LogP contribution in [0.25, 0.3) is 0 Å². The van der Waals surface area contributed by atoms with Crippen LogP contribution in [0.2, 0.25) is 4.47 Å². The summed E-state index contributed by atoms with van der Waals surface area (Å²) < 4.78 is 0.531. The highest BCUT2D eigenvalue weighted by molar-refractivity contribution is 7.15. The number of aromatic nitrogens is 2. The van der Waals surface area contributed by atoms with E-state index in [1.165, 1.54) is 22.5 Å². The van der Waals surface area contributed by atoms with Crippen molar-refractivity contribution in [2.45, 2.75) is 19.4 Å². The maximum Gasteiger partial charge on any atom is 0.207 e. The second-order valence-electron chi connectivity index (χ2n) is 4.49. The van der Waals surface area contributed by atoms with Crippen molar-refractivity contribution in [2.75, 3.05) is 13.1 Å². The van der Waals surface area contributed by atoms with Gasteiger partial charge >= 0.3 is 0 Å². The Morgan fingerprint density at radius 1 is 1.11 bits per heavy atom. The van der Waals surface area contributed by atoms with Gasteiger partial charge in [0.25, 0.3) is 0 Å². The molecule has 0 aliphatic carbocycles. The van der Waals surface area contributed by atoms with Crippen molar-refractivity contribution in [1.82, 2.24) is 15.1 Å². The van der Waals surface area contributed by atoms with Crippen molar-refractivity contribution >= 4 is 22.9 Å². The molecule has 0 atom stereocenters. The highest BCUT2D eigenvalue weighted by Crippen LogP contribution is 2.20. The molecule has 2 aromatic rings. The molecule has 0 spiro atoms. The van der Waals surface area contributed by atoms with Crippen molar-refractivity contribution in [1.29, 1.82) is 0 Å². The lowest BCUT2D eigenvalue weighted by Gasteiger charge is -2.17. The molecule has 3 nitrogen and oxygen atoms in total. The molecule has 1 aromatic carbocycles. The van der Waals surface area contributed by atoms with Crippen LogP contribution in [0.1, 0.15) is 16.1 Å². The van der Waals surface area contributed by atoms with E-state index in [9.17, 15) is 0 Å². The van der Waals surface area contributed by atoms with Crippen molar-refractivity contribution in [3.63, 3.8) is 0 Å². The first-order valence-corrected chi connectivity index (χ1v) is 7.28. The fourth-order valence-electron chi connectivity index (χ4n) is 2.36. The van der Waals surface area contributed by atoms with E-state index in [4.69, 9.17) is 11.6 Å². The zero-order valence-corrected chi connectivity index (χ0v) is 11.5. The van der Waals surface area contributed by atoms with E-state index in [1.807, 2.05) is 0 Å². The van der Waals surface area contributed by atoms with Crippen LogP contribution in [0, 0.1) is 0 Å². The predicted molar refractivity (Wildman–Crippen MR) is 74.0 cm³/mol. The Bertz CT molecular complexity index is 514. The average Bonchev–Trinajstić information content (AvgIpc) is 2.68. The molecule has 2 heterocycles. The van der Waals surface area contributed by atoms with Crippen molar-refractivity contribution in [2.24, 2.45) is 0 Å². The van der Waals surface area contributed by atoms with Crippen LogP contribution < -0.4 is 0 Å². The van der Waals surface area contributed by atoms with Gasteiger partial charge in [-0.2, -0.15) is 0 Å². The van der Waals surface area contributed by atoms with Gasteiger partial charge in [0.15, 0.2) is 0 Å². The first kappa shape index (κ1) is 12.1. The monoisotopic (exact) mass is 279 g/mol. The summed E-state index contributed by atoms with van der Waals surface area (Å²) in [5.74, 6) is 0. The minimum atomic E-state index is 0.531. The van der Waals surface area contributed by atoms with Crippen LogP contribution in [0.15, 0.2) is 24.3 Å². The minimum Gasteiger partial charge on any atom is -0.296 e. The Kier molecular flexibility index (Phi) is 3.59. The number of nitrogens with zero attached hydrogens (tertiary/aromatic N) is 3. The molecule has 0 saturated carbocycles. The van der Waals surface area contributed by atoms with Crippen molar-refractivity contribution in [3.8, 4) is 0 Å². The summed E-state index contributed by atoms with van der Waals surface area (Å²) in [7, 11) is 0. The third-order valence-electron chi connectivity index (χ3n) is 3.31. The standard InChI is InChI=1S/C13H14ClN3S/c14-13-16-15-12(18-13)9-17-7-5-10-3-1-2-4-11(10)6-8-17/h1-4H,5-9H2. The third kappa shape index (κ3) is 2.71. The zero-order valence-electron chi connectivity index (χ0n) is 9.97. The molecule has 0 unspecified atom stereocenters. The summed E-state index contributed by atoms with van der Waals surface area (Å²) in [5.41, 5.74) is 2.96. The number of hydrogen-bond acceptors (Lipinski definition) is 4. The van der Waals surface area contributed by atoms with Crippen LogP contribution in [0.3, 0.4) is 0 Å². The molecule has 0 N–H and O–H groups in total. The molecule has 1 aliphatic heterocycles. The topological polar surface area (TPSA) is 29.0 Å². The van der Waals surface area contributed by atoms with Gasteiger partial charge in [0.05, 0.1) is 6.54 Å². The smallest absolute Gasteiger partial charge is 0.207 e. The normalized spacial score (nSPS) is 16.3. The summed E-state index contributed by atoms with van der Waals surface area (Å²) in [5, 5.41) is 8.94. The Hall–Kier alpha value is -0.970. The van der Waals surface area contributed by atoms with E-state index in [0.717, 1.165) is 37.5 Å².